The molecule has 1 saturated heterocycles. The van der Waals surface area contributed by atoms with Crippen LogP contribution in [0, 0.1) is 12.3 Å². The predicted octanol–water partition coefficient (Wildman–Crippen LogP) is 2.75. The summed E-state index contributed by atoms with van der Waals surface area (Å²) in [4.78, 5) is 0. The van der Waals surface area contributed by atoms with Crippen molar-refractivity contribution in [3.63, 3.8) is 0 Å². The minimum atomic E-state index is -0.0550. The summed E-state index contributed by atoms with van der Waals surface area (Å²) in [5.74, 6) is 2.68. The molecule has 2 heteroatoms. The van der Waals surface area contributed by atoms with E-state index in [1.54, 1.807) is 0 Å². The van der Waals surface area contributed by atoms with Gasteiger partial charge in [-0.05, 0) is 37.1 Å². The topological polar surface area (TPSA) is 21.3 Å². The zero-order chi connectivity index (χ0) is 13.1. The summed E-state index contributed by atoms with van der Waals surface area (Å²) in [5.41, 5.74) is 2.80. The highest BCUT2D eigenvalue weighted by atomic mass is 16.5. The van der Waals surface area contributed by atoms with E-state index < -0.39 is 0 Å². The van der Waals surface area contributed by atoms with Crippen LogP contribution in [-0.2, 0) is 4.74 Å². The molecule has 1 atom stereocenters. The SMILES string of the molecule is C#CC1CC=CC2(CCNCC2)O1.c1cc2ccc1-2. The van der Waals surface area contributed by atoms with E-state index in [0.717, 1.165) is 32.4 Å². The molecule has 0 aromatic heterocycles. The second-order valence-electron chi connectivity index (χ2n) is 5.30. The highest BCUT2D eigenvalue weighted by Gasteiger charge is 2.34. The third kappa shape index (κ3) is 2.58. The van der Waals surface area contributed by atoms with E-state index in [-0.39, 0.29) is 11.7 Å². The highest BCUT2D eigenvalue weighted by molar-refractivity contribution is 5.75. The normalized spacial score (nSPS) is 25.1. The molecule has 2 nitrogen and oxygen atoms in total. The van der Waals surface area contributed by atoms with E-state index in [4.69, 9.17) is 11.2 Å². The van der Waals surface area contributed by atoms with Gasteiger partial charge in [0, 0.05) is 6.42 Å². The molecular formula is C17H19NO. The van der Waals surface area contributed by atoms with Gasteiger partial charge in [-0.1, -0.05) is 42.3 Å². The molecule has 1 unspecified atom stereocenters. The Labute approximate surface area is 114 Å². The molecular weight excluding hydrogens is 234 g/mol. The Morgan fingerprint density at radius 1 is 1.16 bits per heavy atom. The van der Waals surface area contributed by atoms with Crippen LogP contribution in [0.3, 0.4) is 0 Å². The third-order valence-corrected chi connectivity index (χ3v) is 4.00. The molecule has 0 aromatic rings. The van der Waals surface area contributed by atoms with Gasteiger partial charge in [-0.3, -0.25) is 0 Å². The predicted molar refractivity (Wildman–Crippen MR) is 77.7 cm³/mol. The van der Waals surface area contributed by atoms with E-state index in [1.807, 2.05) is 0 Å². The van der Waals surface area contributed by atoms with Crippen LogP contribution < -0.4 is 5.32 Å². The van der Waals surface area contributed by atoms with Crippen LogP contribution in [0.25, 0.3) is 11.1 Å². The standard InChI is InChI=1S/C11H15NO.C6H4/c1-2-10-4-3-5-11(13-10)6-8-12-9-7-11;1-2-6-4-3-5(1)6/h1,3,5,10,12H,4,6-9H2;1-4H. The molecule has 98 valence electrons. The lowest BCUT2D eigenvalue weighted by atomic mass is 9.89. The number of terminal acetylenes is 1. The molecule has 0 bridgehead atoms. The molecule has 1 spiro atoms. The van der Waals surface area contributed by atoms with E-state index in [0.29, 0.717) is 0 Å². The van der Waals surface area contributed by atoms with Crippen LogP contribution >= 0.6 is 0 Å². The number of benzene rings is 1. The Bertz CT molecular complexity index is 482. The fourth-order valence-electron chi connectivity index (χ4n) is 2.68. The molecule has 4 aliphatic rings. The second kappa shape index (κ2) is 5.21. The van der Waals surface area contributed by atoms with Crippen LogP contribution in [0.5, 0.6) is 0 Å². The monoisotopic (exact) mass is 253 g/mol. The van der Waals surface area contributed by atoms with E-state index >= 15 is 0 Å². The van der Waals surface area contributed by atoms with Gasteiger partial charge in [0.05, 0.1) is 5.60 Å². The number of piperidine rings is 1. The van der Waals surface area contributed by atoms with Crippen LogP contribution in [0.1, 0.15) is 19.3 Å². The summed E-state index contributed by atoms with van der Waals surface area (Å²) in [6.45, 7) is 2.06. The zero-order valence-corrected chi connectivity index (χ0v) is 11.1. The van der Waals surface area contributed by atoms with Crippen LogP contribution in [0.4, 0.5) is 0 Å². The van der Waals surface area contributed by atoms with Gasteiger partial charge in [-0.15, -0.1) is 6.42 Å². The Morgan fingerprint density at radius 2 is 1.79 bits per heavy atom. The fourth-order valence-corrected chi connectivity index (χ4v) is 2.68. The van der Waals surface area contributed by atoms with Gasteiger partial charge in [0.2, 0.25) is 0 Å². The van der Waals surface area contributed by atoms with Crippen molar-refractivity contribution in [1.82, 2.24) is 5.32 Å². The largest absolute Gasteiger partial charge is 0.355 e. The summed E-state index contributed by atoms with van der Waals surface area (Å²) in [5, 5.41) is 3.32. The third-order valence-electron chi connectivity index (χ3n) is 4.00. The van der Waals surface area contributed by atoms with Gasteiger partial charge in [0.25, 0.3) is 0 Å². The number of hydrogen-bond donors (Lipinski definition) is 1. The van der Waals surface area contributed by atoms with Gasteiger partial charge in [0.1, 0.15) is 6.10 Å². The van der Waals surface area contributed by atoms with Gasteiger partial charge < -0.3 is 10.1 Å². The van der Waals surface area contributed by atoms with Crippen molar-refractivity contribution in [2.45, 2.75) is 31.0 Å². The summed E-state index contributed by atoms with van der Waals surface area (Å²) >= 11 is 0. The maximum Gasteiger partial charge on any atom is 0.122 e. The Morgan fingerprint density at radius 3 is 2.26 bits per heavy atom. The average molecular weight is 253 g/mol. The summed E-state index contributed by atoms with van der Waals surface area (Å²) in [6.07, 6.45) is 12.7. The van der Waals surface area contributed by atoms with Crippen molar-refractivity contribution < 1.29 is 4.74 Å². The Balaban J connectivity index is 0.000000151. The van der Waals surface area contributed by atoms with Crippen LogP contribution in [-0.4, -0.2) is 24.8 Å². The van der Waals surface area contributed by atoms with Crippen molar-refractivity contribution in [3.05, 3.63) is 36.4 Å². The van der Waals surface area contributed by atoms with Crippen molar-refractivity contribution in [1.29, 1.82) is 0 Å². The van der Waals surface area contributed by atoms with Crippen molar-refractivity contribution in [3.8, 4) is 23.5 Å². The van der Waals surface area contributed by atoms with Crippen molar-refractivity contribution in [2.75, 3.05) is 13.1 Å². The lowest BCUT2D eigenvalue weighted by molar-refractivity contribution is -0.0624. The molecule has 0 radical (unpaired) electrons. The van der Waals surface area contributed by atoms with Gasteiger partial charge in [-0.2, -0.15) is 0 Å². The summed E-state index contributed by atoms with van der Waals surface area (Å²) in [7, 11) is 0. The second-order valence-corrected chi connectivity index (χ2v) is 5.30. The molecule has 0 amide bonds. The van der Waals surface area contributed by atoms with Gasteiger partial charge >= 0.3 is 0 Å². The minimum Gasteiger partial charge on any atom is -0.355 e. The minimum absolute atomic E-state index is 0.0110. The smallest absolute Gasteiger partial charge is 0.122 e. The lowest BCUT2D eigenvalue weighted by Crippen LogP contribution is -2.45. The van der Waals surface area contributed by atoms with Crippen LogP contribution in [0.2, 0.25) is 0 Å². The Hall–Kier alpha value is -1.56. The number of rotatable bonds is 0. The molecule has 2 heterocycles. The van der Waals surface area contributed by atoms with Crippen LogP contribution in [0.15, 0.2) is 36.4 Å². The molecule has 0 saturated carbocycles. The van der Waals surface area contributed by atoms with E-state index in [1.165, 1.54) is 11.1 Å². The lowest BCUT2D eigenvalue weighted by Gasteiger charge is -2.39. The van der Waals surface area contributed by atoms with E-state index in [2.05, 4.69) is 47.7 Å². The number of fused-ring (bicyclic) bond motifs is 1. The maximum absolute atomic E-state index is 5.90. The molecule has 2 aliphatic carbocycles. The molecule has 2 aliphatic heterocycles. The number of nitrogens with one attached hydrogen (secondary N) is 1. The molecule has 19 heavy (non-hydrogen) atoms. The van der Waals surface area contributed by atoms with E-state index in [9.17, 15) is 0 Å². The van der Waals surface area contributed by atoms with Gasteiger partial charge in [0.15, 0.2) is 0 Å². The van der Waals surface area contributed by atoms with Crippen molar-refractivity contribution >= 4 is 0 Å². The van der Waals surface area contributed by atoms with Gasteiger partial charge in [-0.25, -0.2) is 0 Å². The zero-order valence-electron chi connectivity index (χ0n) is 11.1. The quantitative estimate of drug-likeness (QED) is 0.576. The first-order valence-electron chi connectivity index (χ1n) is 6.94. The average Bonchev–Trinajstić information content (AvgIpc) is 2.44. The first kappa shape index (κ1) is 12.5. The van der Waals surface area contributed by atoms with Crippen molar-refractivity contribution in [2.24, 2.45) is 0 Å². The first-order chi connectivity index (χ1) is 9.31. The Kier molecular flexibility index (Phi) is 3.42. The summed E-state index contributed by atoms with van der Waals surface area (Å²) < 4.78 is 5.90. The highest BCUT2D eigenvalue weighted by Crippen LogP contribution is 2.30. The first-order valence-corrected chi connectivity index (χ1v) is 6.94. The molecule has 1 fully saturated rings. The molecule has 0 aromatic carbocycles. The summed E-state index contributed by atoms with van der Waals surface area (Å²) in [6, 6.07) is 8.48. The molecule has 4 rings (SSSR count). The number of hydrogen-bond acceptors (Lipinski definition) is 2. The fraction of sp³-hybridized carbons (Fsp3) is 0.412. The molecule has 1 N–H and O–H groups in total. The maximum atomic E-state index is 5.90. The number of ether oxygens (including phenoxy) is 1.